The van der Waals surface area contributed by atoms with Gasteiger partial charge in [-0.1, -0.05) is 6.92 Å². The molecule has 2 amide bonds. The van der Waals surface area contributed by atoms with Crippen LogP contribution >= 0.6 is 11.3 Å². The summed E-state index contributed by atoms with van der Waals surface area (Å²) < 4.78 is 0. The molecule has 0 aromatic carbocycles. The zero-order valence-corrected chi connectivity index (χ0v) is 11.6. The lowest BCUT2D eigenvalue weighted by molar-refractivity contribution is -0.140. The SMILES string of the molecule is CC(CNC(=O)NC1CCCc2sccc21)C(=O)O. The average molecular weight is 282 g/mol. The highest BCUT2D eigenvalue weighted by molar-refractivity contribution is 7.10. The molecule has 0 aliphatic heterocycles. The van der Waals surface area contributed by atoms with Crippen LogP contribution in [0.1, 0.15) is 36.2 Å². The summed E-state index contributed by atoms with van der Waals surface area (Å²) in [4.78, 5) is 23.8. The van der Waals surface area contributed by atoms with E-state index in [0.29, 0.717) is 0 Å². The van der Waals surface area contributed by atoms with Crippen molar-refractivity contribution in [3.05, 3.63) is 21.9 Å². The zero-order valence-electron chi connectivity index (χ0n) is 10.8. The lowest BCUT2D eigenvalue weighted by Crippen LogP contribution is -2.41. The molecule has 0 spiro atoms. The molecule has 1 aliphatic rings. The maximum Gasteiger partial charge on any atom is 0.315 e. The van der Waals surface area contributed by atoms with Gasteiger partial charge in [0.1, 0.15) is 0 Å². The van der Waals surface area contributed by atoms with Gasteiger partial charge in [-0.05, 0) is 36.3 Å². The Labute approximate surface area is 116 Å². The Balaban J connectivity index is 1.86. The van der Waals surface area contributed by atoms with E-state index in [0.717, 1.165) is 19.3 Å². The Bertz CT molecular complexity index is 472. The lowest BCUT2D eigenvalue weighted by atomic mass is 9.94. The van der Waals surface area contributed by atoms with E-state index in [2.05, 4.69) is 22.1 Å². The summed E-state index contributed by atoms with van der Waals surface area (Å²) in [5.41, 5.74) is 1.21. The zero-order chi connectivity index (χ0) is 13.8. The minimum absolute atomic E-state index is 0.0511. The van der Waals surface area contributed by atoms with Gasteiger partial charge in [-0.25, -0.2) is 4.79 Å². The Morgan fingerprint density at radius 3 is 3.11 bits per heavy atom. The van der Waals surface area contributed by atoms with Crippen LogP contribution < -0.4 is 10.6 Å². The van der Waals surface area contributed by atoms with Crippen molar-refractivity contribution in [1.29, 1.82) is 0 Å². The molecular weight excluding hydrogens is 264 g/mol. The standard InChI is InChI=1S/C13H18N2O3S/c1-8(12(16)17)7-14-13(18)15-10-3-2-4-11-9(10)5-6-19-11/h5-6,8,10H,2-4,7H2,1H3,(H,16,17)(H2,14,15,18). The number of carbonyl (C=O) groups is 2. The molecule has 0 saturated carbocycles. The lowest BCUT2D eigenvalue weighted by Gasteiger charge is -2.24. The fourth-order valence-corrected chi connectivity index (χ4v) is 3.17. The molecule has 1 aromatic rings. The minimum Gasteiger partial charge on any atom is -0.481 e. The van der Waals surface area contributed by atoms with Crippen molar-refractivity contribution in [3.8, 4) is 0 Å². The molecule has 0 saturated heterocycles. The predicted octanol–water partition coefficient (Wildman–Crippen LogP) is 2.15. The molecule has 0 fully saturated rings. The van der Waals surface area contributed by atoms with Gasteiger partial charge in [0.15, 0.2) is 0 Å². The molecule has 3 N–H and O–H groups in total. The number of hydrogen-bond donors (Lipinski definition) is 3. The number of hydrogen-bond acceptors (Lipinski definition) is 3. The highest BCUT2D eigenvalue weighted by Gasteiger charge is 2.22. The number of rotatable bonds is 4. The first-order valence-electron chi connectivity index (χ1n) is 6.41. The number of aliphatic carboxylic acids is 1. The molecule has 0 radical (unpaired) electrons. The van der Waals surface area contributed by atoms with Gasteiger partial charge < -0.3 is 15.7 Å². The molecule has 0 bridgehead atoms. The van der Waals surface area contributed by atoms with Crippen molar-refractivity contribution in [1.82, 2.24) is 10.6 Å². The summed E-state index contributed by atoms with van der Waals surface area (Å²) in [5.74, 6) is -1.48. The summed E-state index contributed by atoms with van der Waals surface area (Å²) in [6.45, 7) is 1.71. The first kappa shape index (κ1) is 13.9. The number of carboxylic acid groups (broad SMARTS) is 1. The number of carboxylic acids is 1. The minimum atomic E-state index is -0.905. The highest BCUT2D eigenvalue weighted by atomic mass is 32.1. The Morgan fingerprint density at radius 1 is 1.58 bits per heavy atom. The molecule has 2 unspecified atom stereocenters. The van der Waals surface area contributed by atoms with E-state index >= 15 is 0 Å². The average Bonchev–Trinajstić information content (AvgIpc) is 2.85. The van der Waals surface area contributed by atoms with Crippen LogP contribution in [0.25, 0.3) is 0 Å². The summed E-state index contributed by atoms with van der Waals surface area (Å²) >= 11 is 1.73. The summed E-state index contributed by atoms with van der Waals surface area (Å²) in [6.07, 6.45) is 3.10. The molecule has 1 aromatic heterocycles. The maximum absolute atomic E-state index is 11.8. The van der Waals surface area contributed by atoms with E-state index in [1.165, 1.54) is 10.4 Å². The van der Waals surface area contributed by atoms with Gasteiger partial charge in [-0.15, -0.1) is 11.3 Å². The number of amides is 2. The summed E-state index contributed by atoms with van der Waals surface area (Å²) in [5, 5.41) is 16.3. The van der Waals surface area contributed by atoms with Crippen LogP contribution in [0.2, 0.25) is 0 Å². The molecule has 104 valence electrons. The predicted molar refractivity (Wildman–Crippen MR) is 73.3 cm³/mol. The number of fused-ring (bicyclic) bond motifs is 1. The van der Waals surface area contributed by atoms with Crippen molar-refractivity contribution in [2.75, 3.05) is 6.54 Å². The van der Waals surface area contributed by atoms with E-state index in [1.807, 2.05) is 0 Å². The van der Waals surface area contributed by atoms with Crippen molar-refractivity contribution >= 4 is 23.3 Å². The first-order chi connectivity index (χ1) is 9.08. The third-order valence-corrected chi connectivity index (χ3v) is 4.34. The molecule has 1 aliphatic carbocycles. The van der Waals surface area contributed by atoms with Gasteiger partial charge in [0.2, 0.25) is 0 Å². The number of nitrogens with one attached hydrogen (secondary N) is 2. The van der Waals surface area contributed by atoms with Crippen molar-refractivity contribution < 1.29 is 14.7 Å². The van der Waals surface area contributed by atoms with Crippen LogP contribution in [0.3, 0.4) is 0 Å². The highest BCUT2D eigenvalue weighted by Crippen LogP contribution is 2.33. The fourth-order valence-electron chi connectivity index (χ4n) is 2.18. The number of urea groups is 1. The summed E-state index contributed by atoms with van der Waals surface area (Å²) in [6, 6.07) is 1.82. The number of thiophene rings is 1. The molecule has 1 heterocycles. The number of carbonyl (C=O) groups excluding carboxylic acids is 1. The van der Waals surface area contributed by atoms with Gasteiger partial charge in [0.05, 0.1) is 12.0 Å². The normalized spacial score (nSPS) is 19.3. The molecule has 19 heavy (non-hydrogen) atoms. The van der Waals surface area contributed by atoms with Crippen LogP contribution in [0.15, 0.2) is 11.4 Å². The molecule has 2 atom stereocenters. The van der Waals surface area contributed by atoms with Gasteiger partial charge in [-0.3, -0.25) is 4.79 Å². The topological polar surface area (TPSA) is 78.4 Å². The third kappa shape index (κ3) is 3.47. The van der Waals surface area contributed by atoms with Crippen LogP contribution in [-0.4, -0.2) is 23.7 Å². The van der Waals surface area contributed by atoms with E-state index in [9.17, 15) is 9.59 Å². The van der Waals surface area contributed by atoms with E-state index in [1.54, 1.807) is 18.3 Å². The van der Waals surface area contributed by atoms with Gasteiger partial charge >= 0.3 is 12.0 Å². The third-order valence-electron chi connectivity index (χ3n) is 3.35. The first-order valence-corrected chi connectivity index (χ1v) is 7.29. The number of aryl methyl sites for hydroxylation is 1. The largest absolute Gasteiger partial charge is 0.481 e. The molecule has 6 heteroatoms. The molecule has 5 nitrogen and oxygen atoms in total. The fraction of sp³-hybridized carbons (Fsp3) is 0.538. The Kier molecular flexibility index (Phi) is 4.42. The second-order valence-corrected chi connectivity index (χ2v) is 5.84. The van der Waals surface area contributed by atoms with Crippen LogP contribution in [-0.2, 0) is 11.2 Å². The van der Waals surface area contributed by atoms with Gasteiger partial charge in [0, 0.05) is 11.4 Å². The second kappa shape index (κ2) is 6.06. The van der Waals surface area contributed by atoms with Crippen LogP contribution in [0.4, 0.5) is 4.79 Å². The van der Waals surface area contributed by atoms with Crippen LogP contribution in [0.5, 0.6) is 0 Å². The van der Waals surface area contributed by atoms with Gasteiger partial charge in [0.25, 0.3) is 0 Å². The molecular formula is C13H18N2O3S. The van der Waals surface area contributed by atoms with Crippen molar-refractivity contribution in [2.24, 2.45) is 5.92 Å². The second-order valence-electron chi connectivity index (χ2n) is 4.84. The monoisotopic (exact) mass is 282 g/mol. The Morgan fingerprint density at radius 2 is 2.37 bits per heavy atom. The van der Waals surface area contributed by atoms with E-state index in [-0.39, 0.29) is 18.6 Å². The smallest absolute Gasteiger partial charge is 0.315 e. The van der Waals surface area contributed by atoms with Crippen LogP contribution in [0, 0.1) is 5.92 Å². The summed E-state index contributed by atoms with van der Waals surface area (Å²) in [7, 11) is 0. The van der Waals surface area contributed by atoms with Crippen molar-refractivity contribution in [3.63, 3.8) is 0 Å². The molecule has 2 rings (SSSR count). The van der Waals surface area contributed by atoms with E-state index < -0.39 is 11.9 Å². The Hall–Kier alpha value is -1.56. The van der Waals surface area contributed by atoms with Crippen molar-refractivity contribution in [2.45, 2.75) is 32.2 Å². The quantitative estimate of drug-likeness (QED) is 0.791. The maximum atomic E-state index is 11.8. The van der Waals surface area contributed by atoms with E-state index in [4.69, 9.17) is 5.11 Å². The van der Waals surface area contributed by atoms with Gasteiger partial charge in [-0.2, -0.15) is 0 Å².